The number of benzene rings is 1. The SMILES string of the molecule is Cc1cc([C@@H](C)NC(=O)C(=O)Nc2cnc3ccccc3c2)c(C)o1. The van der Waals surface area contributed by atoms with Crippen molar-refractivity contribution in [3.63, 3.8) is 0 Å². The molecule has 3 aromatic rings. The Morgan fingerprint density at radius 3 is 2.60 bits per heavy atom. The summed E-state index contributed by atoms with van der Waals surface area (Å²) < 4.78 is 5.45. The quantitative estimate of drug-likeness (QED) is 0.719. The molecule has 6 nitrogen and oxygen atoms in total. The Bertz CT molecular complexity index is 946. The first-order valence-corrected chi connectivity index (χ1v) is 7.97. The molecule has 0 bridgehead atoms. The van der Waals surface area contributed by atoms with E-state index in [1.54, 1.807) is 13.0 Å². The van der Waals surface area contributed by atoms with E-state index < -0.39 is 11.8 Å². The van der Waals surface area contributed by atoms with E-state index in [2.05, 4.69) is 15.6 Å². The van der Waals surface area contributed by atoms with E-state index >= 15 is 0 Å². The third-order valence-corrected chi connectivity index (χ3v) is 3.95. The van der Waals surface area contributed by atoms with Crippen LogP contribution in [-0.4, -0.2) is 16.8 Å². The number of rotatable bonds is 3. The number of hydrogen-bond acceptors (Lipinski definition) is 4. The smallest absolute Gasteiger partial charge is 0.313 e. The summed E-state index contributed by atoms with van der Waals surface area (Å²) in [7, 11) is 0. The van der Waals surface area contributed by atoms with Gasteiger partial charge in [-0.2, -0.15) is 0 Å². The van der Waals surface area contributed by atoms with Crippen LogP contribution in [0.15, 0.2) is 47.0 Å². The fourth-order valence-corrected chi connectivity index (χ4v) is 2.75. The van der Waals surface area contributed by atoms with Gasteiger partial charge in [-0.05, 0) is 39.0 Å². The highest BCUT2D eigenvalue weighted by Crippen LogP contribution is 2.21. The van der Waals surface area contributed by atoms with Gasteiger partial charge in [-0.3, -0.25) is 14.6 Å². The molecule has 6 heteroatoms. The van der Waals surface area contributed by atoms with Crippen LogP contribution in [0.3, 0.4) is 0 Å². The standard InChI is InChI=1S/C19H19N3O3/c1-11-8-16(13(3)25-11)12(2)21-18(23)19(24)22-15-9-14-6-4-5-7-17(14)20-10-15/h4-10,12H,1-3H3,(H,21,23)(H,22,24)/t12-/m1/s1. The molecule has 2 N–H and O–H groups in total. The maximum Gasteiger partial charge on any atom is 0.313 e. The maximum absolute atomic E-state index is 12.1. The van der Waals surface area contributed by atoms with Gasteiger partial charge in [-0.1, -0.05) is 18.2 Å². The van der Waals surface area contributed by atoms with Crippen LogP contribution in [0.5, 0.6) is 0 Å². The van der Waals surface area contributed by atoms with Gasteiger partial charge >= 0.3 is 11.8 Å². The summed E-state index contributed by atoms with van der Waals surface area (Å²) in [6.07, 6.45) is 1.53. The summed E-state index contributed by atoms with van der Waals surface area (Å²) in [6, 6.07) is 10.9. The molecule has 2 aromatic heterocycles. The van der Waals surface area contributed by atoms with Gasteiger partial charge < -0.3 is 15.1 Å². The van der Waals surface area contributed by atoms with Gasteiger partial charge in [0, 0.05) is 10.9 Å². The van der Waals surface area contributed by atoms with E-state index in [0.717, 1.165) is 28.0 Å². The summed E-state index contributed by atoms with van der Waals surface area (Å²) in [5, 5.41) is 6.14. The van der Waals surface area contributed by atoms with Crippen LogP contribution in [-0.2, 0) is 9.59 Å². The summed E-state index contributed by atoms with van der Waals surface area (Å²) in [5.74, 6) is 0.0467. The molecule has 25 heavy (non-hydrogen) atoms. The lowest BCUT2D eigenvalue weighted by Crippen LogP contribution is -2.37. The number of carbonyl (C=O) groups excluding carboxylic acids is 2. The zero-order valence-corrected chi connectivity index (χ0v) is 14.3. The van der Waals surface area contributed by atoms with Crippen molar-refractivity contribution in [1.82, 2.24) is 10.3 Å². The first-order chi connectivity index (χ1) is 11.9. The van der Waals surface area contributed by atoms with Gasteiger partial charge in [0.25, 0.3) is 0 Å². The van der Waals surface area contributed by atoms with E-state index in [0.29, 0.717) is 5.69 Å². The molecule has 0 saturated heterocycles. The highest BCUT2D eigenvalue weighted by molar-refractivity contribution is 6.39. The normalized spacial score (nSPS) is 12.0. The summed E-state index contributed by atoms with van der Waals surface area (Å²) in [5.41, 5.74) is 2.15. The Hall–Kier alpha value is -3.15. The number of carbonyl (C=O) groups is 2. The lowest BCUT2D eigenvalue weighted by molar-refractivity contribution is -0.136. The van der Waals surface area contributed by atoms with Gasteiger partial charge in [-0.25, -0.2) is 0 Å². The second-order valence-electron chi connectivity index (χ2n) is 5.93. The molecule has 0 aliphatic carbocycles. The zero-order valence-electron chi connectivity index (χ0n) is 14.3. The molecular weight excluding hydrogens is 318 g/mol. The van der Waals surface area contributed by atoms with E-state index in [4.69, 9.17) is 4.42 Å². The molecule has 2 heterocycles. The molecule has 2 amide bonds. The number of para-hydroxylation sites is 1. The number of fused-ring (bicyclic) bond motifs is 1. The van der Waals surface area contributed by atoms with Crippen LogP contribution in [0.4, 0.5) is 5.69 Å². The number of hydrogen-bond donors (Lipinski definition) is 2. The van der Waals surface area contributed by atoms with Crippen molar-refractivity contribution in [3.8, 4) is 0 Å². The summed E-state index contributed by atoms with van der Waals surface area (Å²) in [6.45, 7) is 5.47. The largest absolute Gasteiger partial charge is 0.466 e. The number of nitrogens with one attached hydrogen (secondary N) is 2. The maximum atomic E-state index is 12.1. The zero-order chi connectivity index (χ0) is 18.0. The summed E-state index contributed by atoms with van der Waals surface area (Å²) >= 11 is 0. The molecular formula is C19H19N3O3. The first kappa shape index (κ1) is 16.7. The average Bonchev–Trinajstić information content (AvgIpc) is 2.93. The Labute approximate surface area is 145 Å². The number of aromatic nitrogens is 1. The minimum atomic E-state index is -0.734. The Kier molecular flexibility index (Phi) is 4.52. The van der Waals surface area contributed by atoms with Crippen molar-refractivity contribution < 1.29 is 14.0 Å². The number of pyridine rings is 1. The first-order valence-electron chi connectivity index (χ1n) is 7.97. The fourth-order valence-electron chi connectivity index (χ4n) is 2.75. The van der Waals surface area contributed by atoms with Crippen molar-refractivity contribution in [2.24, 2.45) is 0 Å². The lowest BCUT2D eigenvalue weighted by atomic mass is 10.1. The third-order valence-electron chi connectivity index (χ3n) is 3.95. The third kappa shape index (κ3) is 3.68. The molecule has 3 rings (SSSR count). The average molecular weight is 337 g/mol. The van der Waals surface area contributed by atoms with Crippen molar-refractivity contribution in [2.75, 3.05) is 5.32 Å². The molecule has 0 saturated carbocycles. The monoisotopic (exact) mass is 337 g/mol. The predicted octanol–water partition coefficient (Wildman–Crippen LogP) is 3.26. The molecule has 1 atom stereocenters. The van der Waals surface area contributed by atoms with E-state index in [-0.39, 0.29) is 6.04 Å². The van der Waals surface area contributed by atoms with Crippen LogP contribution in [0.2, 0.25) is 0 Å². The number of nitrogens with zero attached hydrogens (tertiary/aromatic N) is 1. The lowest BCUT2D eigenvalue weighted by Gasteiger charge is -2.13. The highest BCUT2D eigenvalue weighted by Gasteiger charge is 2.20. The highest BCUT2D eigenvalue weighted by atomic mass is 16.3. The van der Waals surface area contributed by atoms with Gasteiger partial charge in [0.05, 0.1) is 23.4 Å². The molecule has 0 radical (unpaired) electrons. The molecule has 0 unspecified atom stereocenters. The Morgan fingerprint density at radius 2 is 1.88 bits per heavy atom. The minimum Gasteiger partial charge on any atom is -0.466 e. The van der Waals surface area contributed by atoms with Crippen LogP contribution in [0.25, 0.3) is 10.9 Å². The number of aryl methyl sites for hydroxylation is 2. The van der Waals surface area contributed by atoms with Crippen molar-refractivity contribution in [2.45, 2.75) is 26.8 Å². The van der Waals surface area contributed by atoms with Gasteiger partial charge in [0.1, 0.15) is 11.5 Å². The van der Waals surface area contributed by atoms with Crippen LogP contribution >= 0.6 is 0 Å². The van der Waals surface area contributed by atoms with Gasteiger partial charge in [0.15, 0.2) is 0 Å². The van der Waals surface area contributed by atoms with Crippen LogP contribution < -0.4 is 10.6 Å². The van der Waals surface area contributed by atoms with Crippen molar-refractivity contribution in [1.29, 1.82) is 0 Å². The van der Waals surface area contributed by atoms with Crippen molar-refractivity contribution in [3.05, 3.63) is 59.7 Å². The van der Waals surface area contributed by atoms with E-state index in [9.17, 15) is 9.59 Å². The van der Waals surface area contributed by atoms with Crippen LogP contribution in [0.1, 0.15) is 30.0 Å². The van der Waals surface area contributed by atoms with Crippen molar-refractivity contribution >= 4 is 28.4 Å². The molecule has 0 aliphatic heterocycles. The van der Waals surface area contributed by atoms with Gasteiger partial charge in [0.2, 0.25) is 0 Å². The second-order valence-corrected chi connectivity index (χ2v) is 5.93. The van der Waals surface area contributed by atoms with E-state index in [1.807, 2.05) is 44.2 Å². The number of anilines is 1. The molecule has 0 fully saturated rings. The molecule has 0 spiro atoms. The number of amides is 2. The summed E-state index contributed by atoms with van der Waals surface area (Å²) in [4.78, 5) is 28.5. The van der Waals surface area contributed by atoms with E-state index in [1.165, 1.54) is 6.20 Å². The van der Waals surface area contributed by atoms with Gasteiger partial charge in [-0.15, -0.1) is 0 Å². The number of furan rings is 1. The predicted molar refractivity (Wildman–Crippen MR) is 95.1 cm³/mol. The Morgan fingerprint density at radius 1 is 1.12 bits per heavy atom. The minimum absolute atomic E-state index is 0.328. The Balaban J connectivity index is 1.67. The van der Waals surface area contributed by atoms with Crippen LogP contribution in [0, 0.1) is 13.8 Å². The fraction of sp³-hybridized carbons (Fsp3) is 0.211. The topological polar surface area (TPSA) is 84.2 Å². The second kappa shape index (κ2) is 6.76. The molecule has 1 aromatic carbocycles. The molecule has 128 valence electrons. The molecule has 0 aliphatic rings.